The standard InChI is InChI=1S/C34H69N5O12/c1-43-14-4-11-37-32(40)8-17-46-21-25-49-27-29-51-30-28-50-26-22-47-18-9-33(41)38-12-5-15-44-19-23-48-24-20-45-16-6-13-39-34(42)31(36)7-2-3-10-35/h31H,2-30,35-36H2,1H3,(H,37,40)(H,38,41)(H,39,42)/t31-/m0/s1. The van der Waals surface area contributed by atoms with Gasteiger partial charge in [0.2, 0.25) is 17.7 Å². The molecule has 0 rings (SSSR count). The Balaban J connectivity index is 3.25. The van der Waals surface area contributed by atoms with Crippen LogP contribution in [0.3, 0.4) is 0 Å². The fourth-order valence-electron chi connectivity index (χ4n) is 4.03. The molecular formula is C34H69N5O12. The highest BCUT2D eigenvalue weighted by Gasteiger charge is 2.11. The maximum atomic E-state index is 11.9. The number of rotatable bonds is 41. The fourth-order valence-corrected chi connectivity index (χ4v) is 4.03. The number of carbonyl (C=O) groups is 3. The summed E-state index contributed by atoms with van der Waals surface area (Å²) in [5, 5.41) is 8.47. The third-order valence-electron chi connectivity index (χ3n) is 6.88. The van der Waals surface area contributed by atoms with E-state index in [1.54, 1.807) is 7.11 Å². The molecule has 17 heteroatoms. The molecule has 0 aromatic heterocycles. The first-order valence-corrected chi connectivity index (χ1v) is 18.4. The highest BCUT2D eigenvalue weighted by atomic mass is 16.6. The molecule has 0 spiro atoms. The van der Waals surface area contributed by atoms with Gasteiger partial charge in [-0.05, 0) is 38.6 Å². The number of carbonyl (C=O) groups excluding carboxylic acids is 3. The van der Waals surface area contributed by atoms with Gasteiger partial charge < -0.3 is 70.0 Å². The maximum Gasteiger partial charge on any atom is 0.236 e. The third-order valence-corrected chi connectivity index (χ3v) is 6.88. The van der Waals surface area contributed by atoms with Gasteiger partial charge in [0.1, 0.15) is 0 Å². The molecule has 0 heterocycles. The maximum absolute atomic E-state index is 11.9. The molecule has 0 radical (unpaired) electrons. The first-order valence-electron chi connectivity index (χ1n) is 18.4. The van der Waals surface area contributed by atoms with Crippen molar-refractivity contribution in [3.05, 3.63) is 0 Å². The predicted molar refractivity (Wildman–Crippen MR) is 191 cm³/mol. The summed E-state index contributed by atoms with van der Waals surface area (Å²) >= 11 is 0. The van der Waals surface area contributed by atoms with E-state index in [4.69, 9.17) is 54.1 Å². The Morgan fingerprint density at radius 3 is 1.22 bits per heavy atom. The van der Waals surface area contributed by atoms with Crippen molar-refractivity contribution in [3.63, 3.8) is 0 Å². The molecule has 0 aliphatic rings. The van der Waals surface area contributed by atoms with E-state index in [1.165, 1.54) is 0 Å². The topological polar surface area (TPSA) is 222 Å². The van der Waals surface area contributed by atoms with Crippen LogP contribution in [-0.4, -0.2) is 169 Å². The van der Waals surface area contributed by atoms with Crippen molar-refractivity contribution < 1.29 is 57.0 Å². The Hall–Kier alpha value is -2.03. The average molecular weight is 740 g/mol. The number of nitrogens with one attached hydrogen (secondary N) is 3. The Morgan fingerprint density at radius 1 is 0.471 bits per heavy atom. The van der Waals surface area contributed by atoms with Gasteiger partial charge in [0, 0.05) is 59.4 Å². The van der Waals surface area contributed by atoms with Crippen molar-refractivity contribution in [2.24, 2.45) is 11.5 Å². The summed E-state index contributed by atoms with van der Waals surface area (Å²) in [5.41, 5.74) is 11.3. The van der Waals surface area contributed by atoms with E-state index in [2.05, 4.69) is 16.0 Å². The van der Waals surface area contributed by atoms with Crippen LogP contribution in [-0.2, 0) is 57.0 Å². The molecule has 0 aromatic carbocycles. The molecule has 0 aromatic rings. The lowest BCUT2D eigenvalue weighted by Gasteiger charge is -2.12. The summed E-state index contributed by atoms with van der Waals surface area (Å²) in [6.45, 7) is 10.0. The van der Waals surface area contributed by atoms with Gasteiger partial charge >= 0.3 is 0 Å². The number of hydrogen-bond acceptors (Lipinski definition) is 14. The van der Waals surface area contributed by atoms with Crippen LogP contribution < -0.4 is 27.4 Å². The lowest BCUT2D eigenvalue weighted by atomic mass is 10.1. The zero-order chi connectivity index (χ0) is 37.3. The largest absolute Gasteiger partial charge is 0.385 e. The molecule has 0 saturated carbocycles. The summed E-state index contributed by atoms with van der Waals surface area (Å²) in [7, 11) is 1.63. The Bertz CT molecular complexity index is 788. The average Bonchev–Trinajstić information content (AvgIpc) is 3.12. The second kappa shape index (κ2) is 40.7. The molecule has 302 valence electrons. The first kappa shape index (κ1) is 49.0. The summed E-state index contributed by atoms with van der Waals surface area (Å²) in [4.78, 5) is 35.4. The smallest absolute Gasteiger partial charge is 0.236 e. The van der Waals surface area contributed by atoms with Gasteiger partial charge in [-0.3, -0.25) is 14.4 Å². The SMILES string of the molecule is COCCCNC(=O)CCOCCOCCOCCOCCOCCC(=O)NCCCOCCOCCOCCCNC(=O)[C@@H](N)CCCCN. The minimum atomic E-state index is -0.484. The fraction of sp³-hybridized carbons (Fsp3) is 0.912. The molecule has 51 heavy (non-hydrogen) atoms. The van der Waals surface area contributed by atoms with Gasteiger partial charge in [-0.2, -0.15) is 0 Å². The van der Waals surface area contributed by atoms with E-state index in [1.807, 2.05) is 0 Å². The molecule has 0 aliphatic carbocycles. The van der Waals surface area contributed by atoms with Crippen molar-refractivity contribution in [2.45, 2.75) is 57.4 Å². The predicted octanol–water partition coefficient (Wildman–Crippen LogP) is -0.479. The molecule has 7 N–H and O–H groups in total. The second-order valence-corrected chi connectivity index (χ2v) is 11.3. The van der Waals surface area contributed by atoms with Crippen LogP contribution in [0.1, 0.15) is 51.4 Å². The van der Waals surface area contributed by atoms with Gasteiger partial charge in [0.25, 0.3) is 0 Å². The minimum Gasteiger partial charge on any atom is -0.385 e. The molecule has 0 bridgehead atoms. The van der Waals surface area contributed by atoms with Crippen molar-refractivity contribution in [1.29, 1.82) is 0 Å². The van der Waals surface area contributed by atoms with E-state index < -0.39 is 6.04 Å². The van der Waals surface area contributed by atoms with E-state index in [0.717, 1.165) is 19.3 Å². The molecule has 0 saturated heterocycles. The zero-order valence-electron chi connectivity index (χ0n) is 31.1. The number of unbranched alkanes of at least 4 members (excludes halogenated alkanes) is 1. The van der Waals surface area contributed by atoms with Crippen molar-refractivity contribution in [3.8, 4) is 0 Å². The summed E-state index contributed by atoms with van der Waals surface area (Å²) in [6.07, 6.45) is 5.19. The number of methoxy groups -OCH3 is 1. The third kappa shape index (κ3) is 39.0. The van der Waals surface area contributed by atoms with E-state index >= 15 is 0 Å². The summed E-state index contributed by atoms with van der Waals surface area (Å²) in [6, 6.07) is -0.484. The normalized spacial score (nSPS) is 11.8. The minimum absolute atomic E-state index is 0.0320. The van der Waals surface area contributed by atoms with E-state index in [9.17, 15) is 14.4 Å². The number of ether oxygens (including phenoxy) is 9. The van der Waals surface area contributed by atoms with Gasteiger partial charge in [0.05, 0.1) is 98.5 Å². The van der Waals surface area contributed by atoms with Crippen LogP contribution in [0.5, 0.6) is 0 Å². The van der Waals surface area contributed by atoms with Crippen LogP contribution in [0.4, 0.5) is 0 Å². The quantitative estimate of drug-likeness (QED) is 0.0500. The van der Waals surface area contributed by atoms with Crippen LogP contribution in [0.15, 0.2) is 0 Å². The lowest BCUT2D eigenvalue weighted by molar-refractivity contribution is -0.123. The summed E-state index contributed by atoms with van der Waals surface area (Å²) in [5.74, 6) is -0.233. The molecule has 0 aliphatic heterocycles. The monoisotopic (exact) mass is 739 g/mol. The molecule has 1 atom stereocenters. The molecule has 3 amide bonds. The van der Waals surface area contributed by atoms with Crippen LogP contribution >= 0.6 is 0 Å². The second-order valence-electron chi connectivity index (χ2n) is 11.3. The molecule has 0 unspecified atom stereocenters. The molecule has 0 fully saturated rings. The van der Waals surface area contributed by atoms with Crippen molar-refractivity contribution >= 4 is 17.7 Å². The highest BCUT2D eigenvalue weighted by Crippen LogP contribution is 1.98. The number of amides is 3. The lowest BCUT2D eigenvalue weighted by Crippen LogP contribution is -2.41. The number of nitrogens with two attached hydrogens (primary N) is 2. The van der Waals surface area contributed by atoms with Crippen molar-refractivity contribution in [2.75, 3.05) is 146 Å². The zero-order valence-corrected chi connectivity index (χ0v) is 31.1. The Labute approximate surface area is 305 Å². The van der Waals surface area contributed by atoms with Crippen LogP contribution in [0.2, 0.25) is 0 Å². The molecule has 17 nitrogen and oxygen atoms in total. The summed E-state index contributed by atoms with van der Waals surface area (Å²) < 4.78 is 48.6. The van der Waals surface area contributed by atoms with Gasteiger partial charge in [-0.15, -0.1) is 0 Å². The number of hydrogen-bond donors (Lipinski definition) is 5. The highest BCUT2D eigenvalue weighted by molar-refractivity contribution is 5.81. The Kier molecular flexibility index (Phi) is 39.1. The van der Waals surface area contributed by atoms with Gasteiger partial charge in [-0.1, -0.05) is 6.42 Å². The van der Waals surface area contributed by atoms with Gasteiger partial charge in [0.15, 0.2) is 0 Å². The first-order chi connectivity index (χ1) is 25.0. The van der Waals surface area contributed by atoms with E-state index in [-0.39, 0.29) is 24.1 Å². The Morgan fingerprint density at radius 2 is 0.824 bits per heavy atom. The van der Waals surface area contributed by atoms with Gasteiger partial charge in [-0.25, -0.2) is 0 Å². The van der Waals surface area contributed by atoms with Crippen LogP contribution in [0.25, 0.3) is 0 Å². The van der Waals surface area contributed by atoms with Crippen molar-refractivity contribution in [1.82, 2.24) is 16.0 Å². The van der Waals surface area contributed by atoms with Crippen LogP contribution in [0, 0.1) is 0 Å². The molecular weight excluding hydrogens is 670 g/mol. The van der Waals surface area contributed by atoms with E-state index in [0.29, 0.717) is 164 Å².